The summed E-state index contributed by atoms with van der Waals surface area (Å²) in [4.78, 5) is 20.3. The van der Waals surface area contributed by atoms with Crippen LogP contribution < -0.4 is 5.32 Å². The monoisotopic (exact) mass is 319 g/mol. The molecule has 0 radical (unpaired) electrons. The molecule has 2 aromatic rings. The number of aryl methyl sites for hydroxylation is 3. The van der Waals surface area contributed by atoms with Gasteiger partial charge in [-0.05, 0) is 44.0 Å². The third-order valence-electron chi connectivity index (χ3n) is 3.01. The van der Waals surface area contributed by atoms with Gasteiger partial charge in [0.25, 0.3) is 0 Å². The first kappa shape index (κ1) is 16.4. The van der Waals surface area contributed by atoms with E-state index in [0.29, 0.717) is 17.9 Å². The van der Waals surface area contributed by atoms with Crippen LogP contribution in [-0.4, -0.2) is 21.6 Å². The maximum absolute atomic E-state index is 13.2. The number of benzene rings is 1. The summed E-state index contributed by atoms with van der Waals surface area (Å²) in [6.45, 7) is 5.82. The molecule has 6 heteroatoms. The first-order chi connectivity index (χ1) is 10.4. The fraction of sp³-hybridized carbons (Fsp3) is 0.312. The second-order valence-electron chi connectivity index (χ2n) is 5.04. The van der Waals surface area contributed by atoms with Crippen molar-refractivity contribution in [3.63, 3.8) is 0 Å². The van der Waals surface area contributed by atoms with Crippen molar-refractivity contribution in [3.8, 4) is 0 Å². The van der Waals surface area contributed by atoms with E-state index >= 15 is 0 Å². The molecule has 1 aromatic carbocycles. The number of aromatic nitrogens is 2. The second kappa shape index (κ2) is 7.35. The highest BCUT2D eigenvalue weighted by atomic mass is 32.2. The summed E-state index contributed by atoms with van der Waals surface area (Å²) in [6, 6.07) is 6.68. The van der Waals surface area contributed by atoms with Gasteiger partial charge in [-0.3, -0.25) is 4.79 Å². The van der Waals surface area contributed by atoms with Crippen LogP contribution in [0.1, 0.15) is 22.6 Å². The number of amides is 1. The Morgan fingerprint density at radius 3 is 2.68 bits per heavy atom. The fourth-order valence-electron chi connectivity index (χ4n) is 1.96. The number of carbonyl (C=O) groups excluding carboxylic acids is 1. The number of thioether (sulfide) groups is 1. The van der Waals surface area contributed by atoms with Gasteiger partial charge in [-0.25, -0.2) is 14.4 Å². The Balaban J connectivity index is 1.84. The third-order valence-corrected chi connectivity index (χ3v) is 3.92. The molecule has 0 aliphatic rings. The zero-order valence-corrected chi connectivity index (χ0v) is 13.6. The summed E-state index contributed by atoms with van der Waals surface area (Å²) in [7, 11) is 0. The molecular formula is C16H18FN3OS. The second-order valence-corrected chi connectivity index (χ2v) is 6.04. The van der Waals surface area contributed by atoms with Crippen molar-refractivity contribution < 1.29 is 9.18 Å². The SMILES string of the molecule is Cc1cc(SCC(=O)NCc2ccc(F)c(C)c2)nc(C)n1. The Labute approximate surface area is 133 Å². The molecule has 0 spiro atoms. The van der Waals surface area contributed by atoms with Gasteiger partial charge in [-0.15, -0.1) is 0 Å². The minimum Gasteiger partial charge on any atom is -0.351 e. The standard InChI is InChI=1S/C16H18FN3OS/c1-10-6-13(4-5-14(10)17)8-18-15(21)9-22-16-7-11(2)19-12(3)20-16/h4-7H,8-9H2,1-3H3,(H,18,21). The van der Waals surface area contributed by atoms with Crippen LogP contribution >= 0.6 is 11.8 Å². The molecule has 0 bridgehead atoms. The Hall–Kier alpha value is -1.95. The molecule has 1 N–H and O–H groups in total. The molecular weight excluding hydrogens is 301 g/mol. The van der Waals surface area contributed by atoms with Gasteiger partial charge in [0.1, 0.15) is 16.7 Å². The van der Waals surface area contributed by atoms with E-state index in [4.69, 9.17) is 0 Å². The van der Waals surface area contributed by atoms with Crippen LogP contribution in [-0.2, 0) is 11.3 Å². The molecule has 0 atom stereocenters. The molecule has 0 aliphatic carbocycles. The molecule has 0 fully saturated rings. The van der Waals surface area contributed by atoms with E-state index < -0.39 is 0 Å². The van der Waals surface area contributed by atoms with E-state index in [2.05, 4.69) is 15.3 Å². The van der Waals surface area contributed by atoms with Crippen molar-refractivity contribution in [1.29, 1.82) is 0 Å². The minimum atomic E-state index is -0.236. The zero-order valence-electron chi connectivity index (χ0n) is 12.8. The van der Waals surface area contributed by atoms with E-state index in [1.54, 1.807) is 19.1 Å². The predicted molar refractivity (Wildman–Crippen MR) is 85.2 cm³/mol. The van der Waals surface area contributed by atoms with E-state index in [-0.39, 0.29) is 17.5 Å². The Morgan fingerprint density at radius 2 is 2.00 bits per heavy atom. The first-order valence-electron chi connectivity index (χ1n) is 6.91. The van der Waals surface area contributed by atoms with Crippen molar-refractivity contribution in [2.24, 2.45) is 0 Å². The highest BCUT2D eigenvalue weighted by Crippen LogP contribution is 2.16. The van der Waals surface area contributed by atoms with Crippen LogP contribution in [0.3, 0.4) is 0 Å². The molecule has 1 heterocycles. The quantitative estimate of drug-likeness (QED) is 0.680. The number of hydrogen-bond donors (Lipinski definition) is 1. The number of halogens is 1. The Bertz CT molecular complexity index is 671. The van der Waals surface area contributed by atoms with E-state index in [1.807, 2.05) is 19.9 Å². The number of hydrogen-bond acceptors (Lipinski definition) is 4. The maximum atomic E-state index is 13.2. The van der Waals surface area contributed by atoms with Crippen LogP contribution in [0.25, 0.3) is 0 Å². The number of carbonyl (C=O) groups is 1. The smallest absolute Gasteiger partial charge is 0.230 e. The van der Waals surface area contributed by atoms with Crippen molar-refractivity contribution in [3.05, 3.63) is 52.7 Å². The molecule has 116 valence electrons. The highest BCUT2D eigenvalue weighted by Gasteiger charge is 2.06. The van der Waals surface area contributed by atoms with Gasteiger partial charge in [0.15, 0.2) is 0 Å². The van der Waals surface area contributed by atoms with Crippen molar-refractivity contribution in [2.75, 3.05) is 5.75 Å². The fourth-order valence-corrected chi connectivity index (χ4v) is 2.80. The molecule has 2 rings (SSSR count). The third kappa shape index (κ3) is 4.80. The van der Waals surface area contributed by atoms with Crippen LogP contribution in [0.2, 0.25) is 0 Å². The van der Waals surface area contributed by atoms with E-state index in [1.165, 1.54) is 17.8 Å². The number of rotatable bonds is 5. The lowest BCUT2D eigenvalue weighted by atomic mass is 10.1. The lowest BCUT2D eigenvalue weighted by Crippen LogP contribution is -2.24. The highest BCUT2D eigenvalue weighted by molar-refractivity contribution is 7.99. The van der Waals surface area contributed by atoms with Crippen LogP contribution in [0.5, 0.6) is 0 Å². The average molecular weight is 319 g/mol. The summed E-state index contributed by atoms with van der Waals surface area (Å²) in [6.07, 6.45) is 0. The van der Waals surface area contributed by atoms with Crippen LogP contribution in [0.15, 0.2) is 29.3 Å². The summed E-state index contributed by atoms with van der Waals surface area (Å²) in [5, 5.41) is 3.61. The molecule has 22 heavy (non-hydrogen) atoms. The summed E-state index contributed by atoms with van der Waals surface area (Å²) in [5.41, 5.74) is 2.34. The normalized spacial score (nSPS) is 10.5. The Kier molecular flexibility index (Phi) is 5.49. The molecule has 0 aliphatic heterocycles. The van der Waals surface area contributed by atoms with Crippen molar-refractivity contribution in [2.45, 2.75) is 32.3 Å². The largest absolute Gasteiger partial charge is 0.351 e. The predicted octanol–water partition coefficient (Wildman–Crippen LogP) is 2.95. The van der Waals surface area contributed by atoms with Gasteiger partial charge in [0.05, 0.1) is 5.75 Å². The molecule has 1 amide bonds. The maximum Gasteiger partial charge on any atom is 0.230 e. The van der Waals surface area contributed by atoms with Crippen LogP contribution in [0, 0.1) is 26.6 Å². The number of nitrogens with zero attached hydrogens (tertiary/aromatic N) is 2. The minimum absolute atomic E-state index is 0.0825. The van der Waals surface area contributed by atoms with Gasteiger partial charge >= 0.3 is 0 Å². The molecule has 0 saturated heterocycles. The first-order valence-corrected chi connectivity index (χ1v) is 7.89. The summed E-state index contributed by atoms with van der Waals surface area (Å²) in [5.74, 6) is 0.668. The van der Waals surface area contributed by atoms with Gasteiger partial charge in [-0.1, -0.05) is 23.9 Å². The topological polar surface area (TPSA) is 54.9 Å². The van der Waals surface area contributed by atoms with Gasteiger partial charge in [-0.2, -0.15) is 0 Å². The molecule has 1 aromatic heterocycles. The van der Waals surface area contributed by atoms with E-state index in [9.17, 15) is 9.18 Å². The lowest BCUT2D eigenvalue weighted by Gasteiger charge is -2.07. The molecule has 0 unspecified atom stereocenters. The zero-order chi connectivity index (χ0) is 16.1. The number of nitrogens with one attached hydrogen (secondary N) is 1. The van der Waals surface area contributed by atoms with Crippen molar-refractivity contribution >= 4 is 17.7 Å². The van der Waals surface area contributed by atoms with Crippen LogP contribution in [0.4, 0.5) is 4.39 Å². The van der Waals surface area contributed by atoms with Gasteiger partial charge < -0.3 is 5.32 Å². The average Bonchev–Trinajstić information content (AvgIpc) is 2.45. The van der Waals surface area contributed by atoms with E-state index in [0.717, 1.165) is 16.3 Å². The molecule has 4 nitrogen and oxygen atoms in total. The molecule has 0 saturated carbocycles. The summed E-state index contributed by atoms with van der Waals surface area (Å²) >= 11 is 1.37. The lowest BCUT2D eigenvalue weighted by molar-refractivity contribution is -0.118. The van der Waals surface area contributed by atoms with Gasteiger partial charge in [0.2, 0.25) is 5.91 Å². The Morgan fingerprint density at radius 1 is 1.23 bits per heavy atom. The summed E-state index contributed by atoms with van der Waals surface area (Å²) < 4.78 is 13.2. The van der Waals surface area contributed by atoms with Crippen molar-refractivity contribution in [1.82, 2.24) is 15.3 Å². The van der Waals surface area contributed by atoms with Gasteiger partial charge in [0, 0.05) is 12.2 Å².